The molecule has 1 aromatic rings. The molecular formula is C16H22O2. The molecule has 0 radical (unpaired) electrons. The van der Waals surface area contributed by atoms with Crippen LogP contribution in [0.15, 0.2) is 30.3 Å². The Morgan fingerprint density at radius 2 is 1.94 bits per heavy atom. The minimum absolute atomic E-state index is 0.0596. The first-order valence-corrected chi connectivity index (χ1v) is 7.03. The van der Waals surface area contributed by atoms with Crippen molar-refractivity contribution in [1.82, 2.24) is 0 Å². The summed E-state index contributed by atoms with van der Waals surface area (Å²) in [6, 6.07) is 10.1. The van der Waals surface area contributed by atoms with Crippen molar-refractivity contribution in [2.45, 2.75) is 44.9 Å². The fraction of sp³-hybridized carbons (Fsp3) is 0.562. The van der Waals surface area contributed by atoms with Crippen LogP contribution >= 0.6 is 0 Å². The van der Waals surface area contributed by atoms with Crippen molar-refractivity contribution >= 4 is 5.97 Å². The smallest absolute Gasteiger partial charge is 0.313 e. The highest BCUT2D eigenvalue weighted by atomic mass is 16.5. The van der Waals surface area contributed by atoms with Crippen LogP contribution in [0.5, 0.6) is 0 Å². The zero-order valence-corrected chi connectivity index (χ0v) is 11.1. The van der Waals surface area contributed by atoms with Crippen molar-refractivity contribution in [1.29, 1.82) is 0 Å². The first-order chi connectivity index (χ1) is 8.81. The molecular weight excluding hydrogens is 224 g/mol. The zero-order chi connectivity index (χ0) is 12.8. The molecule has 0 N–H and O–H groups in total. The lowest BCUT2D eigenvalue weighted by Crippen LogP contribution is -2.18. The largest absolute Gasteiger partial charge is 0.466 e. The van der Waals surface area contributed by atoms with Gasteiger partial charge in [-0.2, -0.15) is 0 Å². The van der Waals surface area contributed by atoms with Crippen molar-refractivity contribution < 1.29 is 9.53 Å². The number of ether oxygens (including phenoxy) is 1. The first kappa shape index (κ1) is 13.1. The van der Waals surface area contributed by atoms with E-state index in [0.29, 0.717) is 12.5 Å². The van der Waals surface area contributed by atoms with Crippen molar-refractivity contribution in [3.8, 4) is 0 Å². The Kier molecular flexibility index (Phi) is 4.80. The van der Waals surface area contributed by atoms with E-state index in [-0.39, 0.29) is 11.9 Å². The van der Waals surface area contributed by atoms with E-state index in [1.54, 1.807) is 0 Å². The molecule has 1 aliphatic carbocycles. The second-order valence-electron chi connectivity index (χ2n) is 5.10. The van der Waals surface area contributed by atoms with Crippen LogP contribution in [0.2, 0.25) is 0 Å². The minimum atomic E-state index is -0.0748. The van der Waals surface area contributed by atoms with E-state index in [4.69, 9.17) is 4.74 Å². The summed E-state index contributed by atoms with van der Waals surface area (Å²) >= 11 is 0. The lowest BCUT2D eigenvalue weighted by molar-refractivity contribution is -0.145. The van der Waals surface area contributed by atoms with E-state index >= 15 is 0 Å². The summed E-state index contributed by atoms with van der Waals surface area (Å²) in [7, 11) is 0. The summed E-state index contributed by atoms with van der Waals surface area (Å²) in [5.41, 5.74) is 1.10. The maximum atomic E-state index is 12.1. The Bertz CT molecular complexity index is 366. The standard InChI is InChI=1S/C16H22O2/c1-2-18-16(17)15(12-13-8-6-7-9-13)14-10-4-3-5-11-14/h3-5,10-11,13,15H,2,6-9,12H2,1H3. The third-order valence-electron chi connectivity index (χ3n) is 3.82. The summed E-state index contributed by atoms with van der Waals surface area (Å²) in [6.07, 6.45) is 6.11. The van der Waals surface area contributed by atoms with E-state index < -0.39 is 0 Å². The number of benzene rings is 1. The van der Waals surface area contributed by atoms with Gasteiger partial charge >= 0.3 is 5.97 Å². The van der Waals surface area contributed by atoms with Gasteiger partial charge in [0.05, 0.1) is 12.5 Å². The van der Waals surface area contributed by atoms with Gasteiger partial charge in [-0.05, 0) is 24.8 Å². The van der Waals surface area contributed by atoms with Crippen LogP contribution in [0.25, 0.3) is 0 Å². The van der Waals surface area contributed by atoms with Gasteiger partial charge in [0.2, 0.25) is 0 Å². The molecule has 2 rings (SSSR count). The Labute approximate surface area is 109 Å². The Balaban J connectivity index is 2.09. The Morgan fingerprint density at radius 3 is 2.56 bits per heavy atom. The van der Waals surface area contributed by atoms with Crippen LogP contribution in [0.3, 0.4) is 0 Å². The lowest BCUT2D eigenvalue weighted by Gasteiger charge is -2.19. The fourth-order valence-corrected chi connectivity index (χ4v) is 2.88. The van der Waals surface area contributed by atoms with Gasteiger partial charge in [-0.1, -0.05) is 56.0 Å². The molecule has 1 saturated carbocycles. The highest BCUT2D eigenvalue weighted by Crippen LogP contribution is 2.34. The van der Waals surface area contributed by atoms with Crippen LogP contribution in [0.1, 0.15) is 50.5 Å². The Morgan fingerprint density at radius 1 is 1.28 bits per heavy atom. The molecule has 2 heteroatoms. The SMILES string of the molecule is CCOC(=O)C(CC1CCCC1)c1ccccc1. The van der Waals surface area contributed by atoms with E-state index in [1.165, 1.54) is 25.7 Å². The molecule has 1 fully saturated rings. The maximum absolute atomic E-state index is 12.1. The summed E-state index contributed by atoms with van der Waals surface area (Å²) in [6.45, 7) is 2.34. The molecule has 0 bridgehead atoms. The fourth-order valence-electron chi connectivity index (χ4n) is 2.88. The van der Waals surface area contributed by atoms with Gasteiger partial charge in [0.25, 0.3) is 0 Å². The molecule has 1 aromatic carbocycles. The zero-order valence-electron chi connectivity index (χ0n) is 11.1. The molecule has 1 atom stereocenters. The monoisotopic (exact) mass is 246 g/mol. The molecule has 0 spiro atoms. The number of hydrogen-bond donors (Lipinski definition) is 0. The molecule has 0 saturated heterocycles. The topological polar surface area (TPSA) is 26.3 Å². The van der Waals surface area contributed by atoms with Gasteiger partial charge in [0, 0.05) is 0 Å². The van der Waals surface area contributed by atoms with Gasteiger partial charge in [-0.3, -0.25) is 4.79 Å². The molecule has 18 heavy (non-hydrogen) atoms. The number of carbonyl (C=O) groups is 1. The molecule has 1 aliphatic rings. The van der Waals surface area contributed by atoms with Crippen LogP contribution in [-0.2, 0) is 9.53 Å². The molecule has 2 nitrogen and oxygen atoms in total. The minimum Gasteiger partial charge on any atom is -0.466 e. The maximum Gasteiger partial charge on any atom is 0.313 e. The first-order valence-electron chi connectivity index (χ1n) is 7.03. The second kappa shape index (κ2) is 6.58. The third kappa shape index (κ3) is 3.34. The molecule has 0 heterocycles. The van der Waals surface area contributed by atoms with Crippen molar-refractivity contribution in [2.75, 3.05) is 6.61 Å². The van der Waals surface area contributed by atoms with Crippen LogP contribution in [0, 0.1) is 5.92 Å². The van der Waals surface area contributed by atoms with Crippen LogP contribution < -0.4 is 0 Å². The van der Waals surface area contributed by atoms with Gasteiger partial charge in [0.1, 0.15) is 0 Å². The van der Waals surface area contributed by atoms with Crippen molar-refractivity contribution in [3.05, 3.63) is 35.9 Å². The van der Waals surface area contributed by atoms with E-state index in [1.807, 2.05) is 37.3 Å². The van der Waals surface area contributed by atoms with Gasteiger partial charge in [-0.25, -0.2) is 0 Å². The molecule has 98 valence electrons. The number of esters is 1. The molecule has 0 aromatic heterocycles. The van der Waals surface area contributed by atoms with E-state index in [0.717, 1.165) is 12.0 Å². The molecule has 0 aliphatic heterocycles. The normalized spacial score (nSPS) is 17.6. The highest BCUT2D eigenvalue weighted by molar-refractivity contribution is 5.78. The number of carbonyl (C=O) groups excluding carboxylic acids is 1. The highest BCUT2D eigenvalue weighted by Gasteiger charge is 2.27. The summed E-state index contributed by atoms with van der Waals surface area (Å²) < 4.78 is 5.23. The number of rotatable bonds is 5. The average Bonchev–Trinajstić information content (AvgIpc) is 2.90. The molecule has 0 amide bonds. The van der Waals surface area contributed by atoms with Gasteiger partial charge < -0.3 is 4.74 Å². The van der Waals surface area contributed by atoms with Crippen LogP contribution in [0.4, 0.5) is 0 Å². The average molecular weight is 246 g/mol. The third-order valence-corrected chi connectivity index (χ3v) is 3.82. The quantitative estimate of drug-likeness (QED) is 0.736. The van der Waals surface area contributed by atoms with Crippen molar-refractivity contribution in [2.24, 2.45) is 5.92 Å². The predicted molar refractivity (Wildman–Crippen MR) is 72.4 cm³/mol. The summed E-state index contributed by atoms with van der Waals surface area (Å²) in [5, 5.41) is 0. The van der Waals surface area contributed by atoms with Crippen LogP contribution in [-0.4, -0.2) is 12.6 Å². The van der Waals surface area contributed by atoms with Gasteiger partial charge in [-0.15, -0.1) is 0 Å². The van der Waals surface area contributed by atoms with Crippen molar-refractivity contribution in [3.63, 3.8) is 0 Å². The lowest BCUT2D eigenvalue weighted by atomic mass is 9.88. The Hall–Kier alpha value is -1.31. The summed E-state index contributed by atoms with van der Waals surface area (Å²) in [4.78, 5) is 12.1. The van der Waals surface area contributed by atoms with E-state index in [9.17, 15) is 4.79 Å². The van der Waals surface area contributed by atoms with E-state index in [2.05, 4.69) is 0 Å². The molecule has 1 unspecified atom stereocenters. The van der Waals surface area contributed by atoms with Gasteiger partial charge in [0.15, 0.2) is 0 Å². The summed E-state index contributed by atoms with van der Waals surface area (Å²) in [5.74, 6) is 0.560. The second-order valence-corrected chi connectivity index (χ2v) is 5.10. The number of hydrogen-bond acceptors (Lipinski definition) is 2. The predicted octanol–water partition coefficient (Wildman–Crippen LogP) is 3.91.